The van der Waals surface area contributed by atoms with Crippen molar-refractivity contribution in [2.24, 2.45) is 0 Å². The molecule has 2 aliphatic carbocycles. The van der Waals surface area contributed by atoms with Crippen LogP contribution >= 0.6 is 0 Å². The zero-order valence-electron chi connectivity index (χ0n) is 30.9. The quantitative estimate of drug-likeness (QED) is 0.170. The van der Waals surface area contributed by atoms with E-state index in [4.69, 9.17) is 9.97 Å². The van der Waals surface area contributed by atoms with Gasteiger partial charge in [0.1, 0.15) is 0 Å². The van der Waals surface area contributed by atoms with E-state index in [0.717, 1.165) is 39.6 Å². The fraction of sp³-hybridized carbons (Fsp3) is 0.0370. The van der Waals surface area contributed by atoms with Crippen LogP contribution in [0, 0.1) is 0 Å². The molecule has 0 fully saturated rings. The molecule has 3 heteroatoms. The van der Waals surface area contributed by atoms with Crippen molar-refractivity contribution < 1.29 is 0 Å². The van der Waals surface area contributed by atoms with Crippen LogP contribution in [0.15, 0.2) is 182 Å². The Morgan fingerprint density at radius 1 is 0.456 bits per heavy atom. The topological polar surface area (TPSA) is 30.7 Å². The highest BCUT2D eigenvalue weighted by Gasteiger charge is 2.38. The third-order valence-corrected chi connectivity index (χ3v) is 12.7. The average Bonchev–Trinajstić information content (AvgIpc) is 3.78. The fourth-order valence-corrected chi connectivity index (χ4v) is 10.2. The van der Waals surface area contributed by atoms with Gasteiger partial charge in [0.25, 0.3) is 0 Å². The van der Waals surface area contributed by atoms with E-state index in [1.165, 1.54) is 82.4 Å². The number of hydrogen-bond acceptors (Lipinski definition) is 2. The standard InChI is InChI=1S/C54H33N3/c1-2-12-32(13-3-1)35-26-27-48-46(28-35)51-49(31-45-41-19-9-8-18-40(41)44-29-36-15-5-7-17-39(36)52(51)50(44)45)57(48)54-55-47-21-11-10-20-42(47)53(56-54)37-25-24-34-23-22-33-14-4-6-16-38(33)43(34)30-37/h1-28,30-31,44H,29H2. The molecule has 11 aromatic rings. The van der Waals surface area contributed by atoms with Gasteiger partial charge in [-0.25, -0.2) is 9.97 Å². The van der Waals surface area contributed by atoms with E-state index in [2.05, 4.69) is 187 Å². The van der Waals surface area contributed by atoms with Crippen molar-refractivity contribution in [1.82, 2.24) is 14.5 Å². The Labute approximate surface area is 329 Å². The summed E-state index contributed by atoms with van der Waals surface area (Å²) in [4.78, 5) is 11.0. The summed E-state index contributed by atoms with van der Waals surface area (Å²) in [5, 5.41) is 8.44. The highest BCUT2D eigenvalue weighted by Crippen LogP contribution is 2.57. The van der Waals surface area contributed by atoms with Gasteiger partial charge in [-0.3, -0.25) is 4.57 Å². The van der Waals surface area contributed by atoms with Crippen molar-refractivity contribution >= 4 is 54.3 Å². The van der Waals surface area contributed by atoms with E-state index in [-0.39, 0.29) is 0 Å². The molecular weight excluding hydrogens is 691 g/mol. The molecule has 0 saturated heterocycles. The van der Waals surface area contributed by atoms with E-state index in [1.807, 2.05) is 0 Å². The molecule has 0 saturated carbocycles. The van der Waals surface area contributed by atoms with Gasteiger partial charge in [-0.05, 0) is 108 Å². The lowest BCUT2D eigenvalue weighted by molar-refractivity contribution is 0.817. The summed E-state index contributed by atoms with van der Waals surface area (Å²) in [6, 6.07) is 66.6. The Balaban J connectivity index is 1.16. The van der Waals surface area contributed by atoms with Crippen molar-refractivity contribution in [2.45, 2.75) is 12.3 Å². The number of nitrogens with zero attached hydrogens (tertiary/aromatic N) is 3. The molecule has 1 atom stereocenters. The minimum Gasteiger partial charge on any atom is -0.278 e. The molecule has 9 aromatic carbocycles. The third kappa shape index (κ3) is 4.37. The van der Waals surface area contributed by atoms with Crippen molar-refractivity contribution in [1.29, 1.82) is 0 Å². The van der Waals surface area contributed by atoms with Crippen LogP contribution in [0.5, 0.6) is 0 Å². The number of fused-ring (bicyclic) bond motifs is 13. The zero-order chi connectivity index (χ0) is 37.2. The molecule has 0 radical (unpaired) electrons. The summed E-state index contributed by atoms with van der Waals surface area (Å²) >= 11 is 0. The van der Waals surface area contributed by atoms with Gasteiger partial charge in [-0.15, -0.1) is 0 Å². The first-order valence-electron chi connectivity index (χ1n) is 19.8. The SMILES string of the molecule is c1ccc(-c2ccc3c(c2)c2c4c5c(cc2n3-c2nc(-c3ccc6ccc7ccccc7c6c3)c3ccccc3n2)-c2ccccc2C5Cc2ccccc2-4)cc1. The minimum absolute atomic E-state index is 0.314. The molecule has 57 heavy (non-hydrogen) atoms. The second kappa shape index (κ2) is 11.6. The molecule has 3 nitrogen and oxygen atoms in total. The van der Waals surface area contributed by atoms with Gasteiger partial charge in [-0.2, -0.15) is 0 Å². The van der Waals surface area contributed by atoms with Crippen LogP contribution in [-0.2, 0) is 6.42 Å². The largest absolute Gasteiger partial charge is 0.278 e. The Morgan fingerprint density at radius 3 is 2.07 bits per heavy atom. The number of aromatic nitrogens is 3. The summed E-state index contributed by atoms with van der Waals surface area (Å²) in [7, 11) is 0. The summed E-state index contributed by atoms with van der Waals surface area (Å²) in [6.45, 7) is 0. The van der Waals surface area contributed by atoms with Gasteiger partial charge in [0.05, 0.1) is 22.2 Å². The average molecular weight is 724 g/mol. The molecule has 0 amide bonds. The van der Waals surface area contributed by atoms with E-state index in [0.29, 0.717) is 11.9 Å². The lowest BCUT2D eigenvalue weighted by atomic mass is 9.76. The maximum atomic E-state index is 5.60. The molecule has 0 bridgehead atoms. The van der Waals surface area contributed by atoms with Crippen LogP contribution in [0.4, 0.5) is 0 Å². The molecule has 1 unspecified atom stereocenters. The Hall–Kier alpha value is -7.36. The lowest BCUT2D eigenvalue weighted by Crippen LogP contribution is -2.10. The summed E-state index contributed by atoms with van der Waals surface area (Å²) in [5.41, 5.74) is 17.2. The van der Waals surface area contributed by atoms with Gasteiger partial charge in [0.15, 0.2) is 0 Å². The summed E-state index contributed by atoms with van der Waals surface area (Å²) in [6.07, 6.45) is 1.00. The predicted molar refractivity (Wildman–Crippen MR) is 236 cm³/mol. The molecule has 264 valence electrons. The highest BCUT2D eigenvalue weighted by atomic mass is 15.2. The van der Waals surface area contributed by atoms with Gasteiger partial charge in [-0.1, -0.05) is 152 Å². The predicted octanol–water partition coefficient (Wildman–Crippen LogP) is 13.7. The van der Waals surface area contributed by atoms with Crippen LogP contribution in [0.3, 0.4) is 0 Å². The zero-order valence-corrected chi connectivity index (χ0v) is 30.9. The van der Waals surface area contributed by atoms with Crippen LogP contribution in [0.1, 0.15) is 22.6 Å². The molecule has 0 aliphatic heterocycles. The van der Waals surface area contributed by atoms with E-state index in [9.17, 15) is 0 Å². The van der Waals surface area contributed by atoms with Crippen LogP contribution < -0.4 is 0 Å². The number of benzene rings is 9. The van der Waals surface area contributed by atoms with Crippen LogP contribution in [0.25, 0.3) is 105 Å². The Kier molecular flexibility index (Phi) is 6.28. The minimum atomic E-state index is 0.314. The summed E-state index contributed by atoms with van der Waals surface area (Å²) in [5.74, 6) is 0.988. The molecule has 0 spiro atoms. The second-order valence-electron chi connectivity index (χ2n) is 15.7. The molecule has 2 heterocycles. The van der Waals surface area contributed by atoms with Crippen molar-refractivity contribution in [2.75, 3.05) is 0 Å². The molecule has 2 aromatic heterocycles. The number of para-hydroxylation sites is 1. The Bertz CT molecular complexity index is 3500. The molecule has 2 aliphatic rings. The van der Waals surface area contributed by atoms with Gasteiger partial charge < -0.3 is 0 Å². The van der Waals surface area contributed by atoms with Gasteiger partial charge in [0, 0.05) is 27.6 Å². The fourth-order valence-electron chi connectivity index (χ4n) is 10.2. The number of hydrogen-bond donors (Lipinski definition) is 0. The summed E-state index contributed by atoms with van der Waals surface area (Å²) < 4.78 is 2.34. The van der Waals surface area contributed by atoms with Crippen LogP contribution in [0.2, 0.25) is 0 Å². The maximum absolute atomic E-state index is 5.60. The first kappa shape index (κ1) is 30.9. The smallest absolute Gasteiger partial charge is 0.235 e. The van der Waals surface area contributed by atoms with Crippen molar-refractivity contribution in [3.05, 3.63) is 199 Å². The van der Waals surface area contributed by atoms with Gasteiger partial charge >= 0.3 is 0 Å². The Morgan fingerprint density at radius 2 is 1.16 bits per heavy atom. The molecule has 13 rings (SSSR count). The normalized spacial score (nSPS) is 14.1. The van der Waals surface area contributed by atoms with E-state index < -0.39 is 0 Å². The van der Waals surface area contributed by atoms with E-state index in [1.54, 1.807) is 0 Å². The second-order valence-corrected chi connectivity index (χ2v) is 15.7. The maximum Gasteiger partial charge on any atom is 0.235 e. The van der Waals surface area contributed by atoms with Crippen molar-refractivity contribution in [3.63, 3.8) is 0 Å². The first-order chi connectivity index (χ1) is 28.3. The third-order valence-electron chi connectivity index (χ3n) is 12.7. The van der Waals surface area contributed by atoms with Crippen molar-refractivity contribution in [3.8, 4) is 50.6 Å². The van der Waals surface area contributed by atoms with Crippen LogP contribution in [-0.4, -0.2) is 14.5 Å². The highest BCUT2D eigenvalue weighted by molar-refractivity contribution is 6.20. The van der Waals surface area contributed by atoms with E-state index >= 15 is 0 Å². The molecule has 0 N–H and O–H groups in total. The number of rotatable bonds is 3. The first-order valence-corrected chi connectivity index (χ1v) is 19.8. The lowest BCUT2D eigenvalue weighted by Gasteiger charge is -2.26. The van der Waals surface area contributed by atoms with Gasteiger partial charge in [0.2, 0.25) is 5.95 Å². The monoisotopic (exact) mass is 723 g/mol. The molecular formula is C54H33N3.